The summed E-state index contributed by atoms with van der Waals surface area (Å²) in [5.74, 6) is 0.609. The van der Waals surface area contributed by atoms with E-state index >= 15 is 0 Å². The molecule has 0 saturated carbocycles. The number of benzene rings is 3. The second-order valence-corrected chi connectivity index (χ2v) is 10.1. The third kappa shape index (κ3) is 4.70. The number of nitriles is 2. The van der Waals surface area contributed by atoms with Gasteiger partial charge in [-0.2, -0.15) is 10.5 Å². The molecular formula is C27H25N2O3P. The van der Waals surface area contributed by atoms with Crippen molar-refractivity contribution in [1.82, 2.24) is 0 Å². The van der Waals surface area contributed by atoms with Gasteiger partial charge < -0.3 is 9.05 Å². The van der Waals surface area contributed by atoms with Crippen LogP contribution in [-0.4, -0.2) is 0 Å². The molecule has 0 aromatic heterocycles. The minimum absolute atomic E-state index is 0.305. The van der Waals surface area contributed by atoms with E-state index in [1.165, 1.54) is 6.08 Å². The second kappa shape index (κ2) is 9.78. The molecule has 0 bridgehead atoms. The van der Waals surface area contributed by atoms with Crippen molar-refractivity contribution in [3.8, 4) is 23.6 Å². The molecule has 3 rings (SSSR count). The lowest BCUT2D eigenvalue weighted by atomic mass is 9.64. The highest BCUT2D eigenvalue weighted by Crippen LogP contribution is 2.69. The summed E-state index contributed by atoms with van der Waals surface area (Å²) in [5, 5.41) is 20.8. The maximum Gasteiger partial charge on any atom is 0.440 e. The zero-order valence-corrected chi connectivity index (χ0v) is 19.5. The van der Waals surface area contributed by atoms with Gasteiger partial charge in [0.15, 0.2) is 5.41 Å². The maximum atomic E-state index is 14.8. The molecule has 6 heteroatoms. The van der Waals surface area contributed by atoms with Gasteiger partial charge in [-0.3, -0.25) is 0 Å². The third-order valence-electron chi connectivity index (χ3n) is 5.67. The highest BCUT2D eigenvalue weighted by Gasteiger charge is 2.61. The Morgan fingerprint density at radius 1 is 0.818 bits per heavy atom. The zero-order chi connectivity index (χ0) is 24.0. The van der Waals surface area contributed by atoms with Crippen LogP contribution in [0.1, 0.15) is 25.1 Å². The van der Waals surface area contributed by atoms with Crippen LogP contribution < -0.4 is 9.05 Å². The van der Waals surface area contributed by atoms with Crippen molar-refractivity contribution in [3.05, 3.63) is 109 Å². The Kier molecular flexibility index (Phi) is 7.07. The normalized spacial score (nSPS) is 12.6. The molecular weight excluding hydrogens is 431 g/mol. The van der Waals surface area contributed by atoms with E-state index in [2.05, 4.69) is 18.7 Å². The summed E-state index contributed by atoms with van der Waals surface area (Å²) in [6.45, 7) is 7.29. The van der Waals surface area contributed by atoms with Crippen molar-refractivity contribution in [1.29, 1.82) is 10.5 Å². The fourth-order valence-electron chi connectivity index (χ4n) is 3.63. The number of hydrogen-bond donors (Lipinski definition) is 0. The van der Waals surface area contributed by atoms with Gasteiger partial charge in [-0.05, 0) is 29.8 Å². The molecule has 166 valence electrons. The summed E-state index contributed by atoms with van der Waals surface area (Å²) in [6.07, 6.45) is 1.53. The zero-order valence-electron chi connectivity index (χ0n) is 18.6. The summed E-state index contributed by atoms with van der Waals surface area (Å²) in [6, 6.07) is 30.3. The van der Waals surface area contributed by atoms with Crippen LogP contribution >= 0.6 is 7.60 Å². The monoisotopic (exact) mass is 456 g/mol. The predicted octanol–water partition coefficient (Wildman–Crippen LogP) is 7.32. The van der Waals surface area contributed by atoms with Crippen LogP contribution in [0.4, 0.5) is 0 Å². The SMILES string of the molecule is C=CC(C)(C)C(C#N)(C#N)C(c1ccccc1)P(=O)(Oc1ccccc1)Oc1ccccc1. The predicted molar refractivity (Wildman–Crippen MR) is 129 cm³/mol. The summed E-state index contributed by atoms with van der Waals surface area (Å²) < 4.78 is 26.9. The number of allylic oxidation sites excluding steroid dienone is 1. The fourth-order valence-corrected chi connectivity index (χ4v) is 6.17. The minimum atomic E-state index is -4.25. The average Bonchev–Trinajstić information content (AvgIpc) is 2.84. The van der Waals surface area contributed by atoms with Crippen molar-refractivity contribution >= 4 is 7.60 Å². The van der Waals surface area contributed by atoms with E-state index in [1.807, 2.05) is 0 Å². The quantitative estimate of drug-likeness (QED) is 0.249. The minimum Gasteiger partial charge on any atom is -0.416 e. The first-order valence-corrected chi connectivity index (χ1v) is 12.0. The Bertz CT molecular complexity index is 1150. The van der Waals surface area contributed by atoms with Gasteiger partial charge in [0.1, 0.15) is 17.2 Å². The average molecular weight is 456 g/mol. The van der Waals surface area contributed by atoms with Gasteiger partial charge in [0.05, 0.1) is 12.1 Å². The van der Waals surface area contributed by atoms with Gasteiger partial charge in [0, 0.05) is 5.41 Å². The molecule has 1 atom stereocenters. The molecule has 1 unspecified atom stereocenters. The molecule has 3 aromatic rings. The molecule has 0 heterocycles. The summed E-state index contributed by atoms with van der Waals surface area (Å²) >= 11 is 0. The number of para-hydroxylation sites is 2. The van der Waals surface area contributed by atoms with Crippen LogP contribution in [0.5, 0.6) is 11.5 Å². The molecule has 0 saturated heterocycles. The van der Waals surface area contributed by atoms with Crippen LogP contribution in [-0.2, 0) is 4.57 Å². The Balaban J connectivity index is 2.33. The summed E-state index contributed by atoms with van der Waals surface area (Å²) in [7, 11) is -4.25. The molecule has 0 radical (unpaired) electrons. The van der Waals surface area contributed by atoms with Gasteiger partial charge >= 0.3 is 7.60 Å². The Hall–Kier alpha value is -3.79. The topological polar surface area (TPSA) is 83.1 Å². The second-order valence-electron chi connectivity index (χ2n) is 8.12. The lowest BCUT2D eigenvalue weighted by Crippen LogP contribution is -2.40. The highest BCUT2D eigenvalue weighted by atomic mass is 31.2. The standard InChI is InChI=1S/C27H25N2O3P/c1-4-26(2,3)27(20-28,21-29)25(22-14-8-5-9-15-22)33(30,31-23-16-10-6-11-17-23)32-24-18-12-7-13-19-24/h4-19,25H,1H2,2-3H3. The first-order chi connectivity index (χ1) is 15.8. The van der Waals surface area contributed by atoms with Gasteiger partial charge in [0.25, 0.3) is 0 Å². The lowest BCUT2D eigenvalue weighted by Gasteiger charge is -2.42. The maximum absolute atomic E-state index is 14.8. The lowest BCUT2D eigenvalue weighted by molar-refractivity contribution is 0.230. The Morgan fingerprint density at radius 3 is 1.58 bits per heavy atom. The van der Waals surface area contributed by atoms with E-state index in [4.69, 9.17) is 9.05 Å². The Labute approximate surface area is 195 Å². The van der Waals surface area contributed by atoms with E-state index in [1.54, 1.807) is 105 Å². The van der Waals surface area contributed by atoms with Gasteiger partial charge in [-0.15, -0.1) is 6.58 Å². The van der Waals surface area contributed by atoms with Gasteiger partial charge in [0.2, 0.25) is 0 Å². The van der Waals surface area contributed by atoms with E-state index in [0.717, 1.165) is 0 Å². The number of rotatable bonds is 9. The van der Waals surface area contributed by atoms with E-state index in [-0.39, 0.29) is 0 Å². The van der Waals surface area contributed by atoms with Crippen molar-refractivity contribution in [2.75, 3.05) is 0 Å². The van der Waals surface area contributed by atoms with Gasteiger partial charge in [-0.25, -0.2) is 4.57 Å². The van der Waals surface area contributed by atoms with Crippen molar-refractivity contribution in [3.63, 3.8) is 0 Å². The van der Waals surface area contributed by atoms with E-state index in [9.17, 15) is 15.1 Å². The molecule has 0 N–H and O–H groups in total. The molecule has 0 aliphatic heterocycles. The van der Waals surface area contributed by atoms with Crippen LogP contribution in [0.25, 0.3) is 0 Å². The molecule has 0 amide bonds. The molecule has 3 aromatic carbocycles. The molecule has 0 aliphatic rings. The molecule has 5 nitrogen and oxygen atoms in total. The first kappa shape index (κ1) is 23.9. The highest BCUT2D eigenvalue weighted by molar-refractivity contribution is 7.55. The first-order valence-electron chi connectivity index (χ1n) is 10.4. The van der Waals surface area contributed by atoms with Crippen molar-refractivity contribution < 1.29 is 13.6 Å². The van der Waals surface area contributed by atoms with Crippen molar-refractivity contribution in [2.45, 2.75) is 19.5 Å². The third-order valence-corrected chi connectivity index (χ3v) is 7.92. The van der Waals surface area contributed by atoms with E-state index < -0.39 is 24.1 Å². The largest absolute Gasteiger partial charge is 0.440 e. The molecule has 33 heavy (non-hydrogen) atoms. The summed E-state index contributed by atoms with van der Waals surface area (Å²) in [5.41, 5.74) is -3.64. The van der Waals surface area contributed by atoms with Crippen LogP contribution in [0.2, 0.25) is 0 Å². The van der Waals surface area contributed by atoms with E-state index in [0.29, 0.717) is 17.1 Å². The molecule has 0 spiro atoms. The molecule has 0 fully saturated rings. The van der Waals surface area contributed by atoms with Crippen LogP contribution in [0.15, 0.2) is 104 Å². The van der Waals surface area contributed by atoms with Gasteiger partial charge in [-0.1, -0.05) is 86.7 Å². The van der Waals surface area contributed by atoms with Crippen LogP contribution in [0.3, 0.4) is 0 Å². The number of nitrogens with zero attached hydrogens (tertiary/aromatic N) is 2. The summed E-state index contributed by atoms with van der Waals surface area (Å²) in [4.78, 5) is 0. The number of hydrogen-bond acceptors (Lipinski definition) is 5. The smallest absolute Gasteiger partial charge is 0.416 e. The van der Waals surface area contributed by atoms with Crippen LogP contribution in [0, 0.1) is 33.5 Å². The molecule has 0 aliphatic carbocycles. The Morgan fingerprint density at radius 2 is 1.21 bits per heavy atom. The van der Waals surface area contributed by atoms with Crippen molar-refractivity contribution in [2.24, 2.45) is 10.8 Å². The fraction of sp³-hybridized carbons (Fsp3) is 0.185.